The van der Waals surface area contributed by atoms with Crippen molar-refractivity contribution >= 4 is 23.0 Å². The van der Waals surface area contributed by atoms with E-state index < -0.39 is 43.6 Å². The van der Waals surface area contributed by atoms with Crippen LogP contribution in [0.2, 0.25) is 0 Å². The highest BCUT2D eigenvalue weighted by Crippen LogP contribution is 2.40. The lowest BCUT2D eigenvalue weighted by molar-refractivity contribution is -0.404. The summed E-state index contributed by atoms with van der Waals surface area (Å²) in [6.07, 6.45) is 0. The standard InChI is InChI=1S/C8H5N3O8/c1-4(12)19-8-6(10(15)16)2-5(9(13)14)3-7(8)11(17)18/h2-3H,1H3. The number of benzene rings is 1. The summed E-state index contributed by atoms with van der Waals surface area (Å²) in [5, 5.41) is 32.0. The van der Waals surface area contributed by atoms with Gasteiger partial charge >= 0.3 is 17.3 Å². The van der Waals surface area contributed by atoms with Crippen LogP contribution in [0, 0.1) is 30.3 Å². The molecule has 0 saturated carbocycles. The molecule has 0 bridgehead atoms. The molecule has 0 amide bonds. The second kappa shape index (κ2) is 5.03. The molecular formula is C8H5N3O8. The molecule has 0 saturated heterocycles. The van der Waals surface area contributed by atoms with Crippen molar-refractivity contribution in [3.8, 4) is 5.75 Å². The van der Waals surface area contributed by atoms with Crippen molar-refractivity contribution in [3.05, 3.63) is 42.5 Å². The topological polar surface area (TPSA) is 156 Å². The molecule has 1 rings (SSSR count). The first-order valence-electron chi connectivity index (χ1n) is 4.53. The van der Waals surface area contributed by atoms with E-state index >= 15 is 0 Å². The van der Waals surface area contributed by atoms with Crippen LogP contribution in [0.5, 0.6) is 5.75 Å². The molecule has 0 radical (unpaired) electrons. The average Bonchev–Trinajstić information content (AvgIpc) is 2.27. The van der Waals surface area contributed by atoms with Gasteiger partial charge in [-0.2, -0.15) is 0 Å². The fraction of sp³-hybridized carbons (Fsp3) is 0.125. The van der Waals surface area contributed by atoms with Gasteiger partial charge in [-0.3, -0.25) is 35.1 Å². The normalized spacial score (nSPS) is 9.74. The molecule has 0 heterocycles. The molecule has 1 aromatic rings. The van der Waals surface area contributed by atoms with Crippen LogP contribution in [-0.2, 0) is 4.79 Å². The monoisotopic (exact) mass is 271 g/mol. The van der Waals surface area contributed by atoms with Gasteiger partial charge in [0.05, 0.1) is 26.9 Å². The quantitative estimate of drug-likeness (QED) is 0.343. The van der Waals surface area contributed by atoms with Gasteiger partial charge in [-0.15, -0.1) is 0 Å². The minimum atomic E-state index is -1.11. The zero-order chi connectivity index (χ0) is 14.7. The Morgan fingerprint density at radius 1 is 1.00 bits per heavy atom. The fourth-order valence-corrected chi connectivity index (χ4v) is 1.21. The largest absolute Gasteiger partial charge is 0.412 e. The maximum absolute atomic E-state index is 10.8. The molecule has 0 unspecified atom stereocenters. The first-order chi connectivity index (χ1) is 8.73. The summed E-state index contributed by atoms with van der Waals surface area (Å²) >= 11 is 0. The number of hydrogen-bond acceptors (Lipinski definition) is 8. The molecule has 19 heavy (non-hydrogen) atoms. The Morgan fingerprint density at radius 3 is 1.68 bits per heavy atom. The van der Waals surface area contributed by atoms with E-state index in [1.54, 1.807) is 0 Å². The van der Waals surface area contributed by atoms with Crippen molar-refractivity contribution in [2.75, 3.05) is 0 Å². The first kappa shape index (κ1) is 14.0. The molecule has 0 fully saturated rings. The first-order valence-corrected chi connectivity index (χ1v) is 4.53. The molecule has 1 aromatic carbocycles. The number of nitrogens with zero attached hydrogens (tertiary/aromatic N) is 3. The maximum Gasteiger partial charge on any atom is 0.325 e. The Labute approximate surface area is 103 Å². The Kier molecular flexibility index (Phi) is 3.70. The molecule has 0 aliphatic carbocycles. The van der Waals surface area contributed by atoms with Crippen molar-refractivity contribution in [3.63, 3.8) is 0 Å². The van der Waals surface area contributed by atoms with Gasteiger partial charge in [0.25, 0.3) is 11.4 Å². The number of nitro benzene ring substituents is 3. The average molecular weight is 271 g/mol. The van der Waals surface area contributed by atoms with Crippen molar-refractivity contribution in [1.82, 2.24) is 0 Å². The zero-order valence-corrected chi connectivity index (χ0v) is 9.26. The van der Waals surface area contributed by atoms with Crippen LogP contribution in [-0.4, -0.2) is 20.7 Å². The lowest BCUT2D eigenvalue weighted by Crippen LogP contribution is -2.07. The summed E-state index contributed by atoms with van der Waals surface area (Å²) in [5.74, 6) is -1.96. The van der Waals surface area contributed by atoms with Crippen molar-refractivity contribution in [1.29, 1.82) is 0 Å². The lowest BCUT2D eigenvalue weighted by atomic mass is 10.2. The van der Waals surface area contributed by atoms with E-state index in [0.717, 1.165) is 6.92 Å². The molecule has 11 heteroatoms. The van der Waals surface area contributed by atoms with Crippen molar-refractivity contribution in [2.45, 2.75) is 6.92 Å². The van der Waals surface area contributed by atoms with Gasteiger partial charge in [-0.05, 0) is 0 Å². The molecule has 11 nitrogen and oxygen atoms in total. The van der Waals surface area contributed by atoms with E-state index in [2.05, 4.69) is 4.74 Å². The maximum atomic E-state index is 10.8. The molecule has 100 valence electrons. The summed E-state index contributed by atoms with van der Waals surface area (Å²) in [6, 6.07) is 0.955. The number of carbonyl (C=O) groups is 1. The third-order valence-electron chi connectivity index (χ3n) is 1.88. The van der Waals surface area contributed by atoms with Gasteiger partial charge in [0, 0.05) is 6.92 Å². The highest BCUT2D eigenvalue weighted by molar-refractivity contribution is 5.75. The van der Waals surface area contributed by atoms with Crippen molar-refractivity contribution < 1.29 is 24.3 Å². The highest BCUT2D eigenvalue weighted by atomic mass is 16.6. The predicted molar refractivity (Wildman–Crippen MR) is 57.7 cm³/mol. The number of non-ortho nitro benzene ring substituents is 1. The summed E-state index contributed by atoms with van der Waals surface area (Å²) in [5.41, 5.74) is -2.92. The smallest absolute Gasteiger partial charge is 0.325 e. The number of hydrogen-bond donors (Lipinski definition) is 0. The third kappa shape index (κ3) is 2.96. The summed E-state index contributed by atoms with van der Waals surface area (Å²) in [4.78, 5) is 39.5. The van der Waals surface area contributed by atoms with Crippen LogP contribution in [0.15, 0.2) is 12.1 Å². The predicted octanol–water partition coefficient (Wildman–Crippen LogP) is 1.34. The molecule has 0 aromatic heterocycles. The van der Waals surface area contributed by atoms with Gasteiger partial charge in [0.2, 0.25) is 0 Å². The Bertz CT molecular complexity index is 561. The van der Waals surface area contributed by atoms with E-state index in [9.17, 15) is 35.1 Å². The van der Waals surface area contributed by atoms with E-state index in [1.165, 1.54) is 0 Å². The second-order valence-electron chi connectivity index (χ2n) is 3.18. The zero-order valence-electron chi connectivity index (χ0n) is 9.26. The van der Waals surface area contributed by atoms with Crippen LogP contribution in [0.3, 0.4) is 0 Å². The third-order valence-corrected chi connectivity index (χ3v) is 1.88. The molecule has 0 aliphatic heterocycles. The highest BCUT2D eigenvalue weighted by Gasteiger charge is 2.33. The Morgan fingerprint density at radius 2 is 1.42 bits per heavy atom. The van der Waals surface area contributed by atoms with Crippen LogP contribution in [0.1, 0.15) is 6.92 Å². The van der Waals surface area contributed by atoms with Crippen LogP contribution < -0.4 is 4.74 Å². The van der Waals surface area contributed by atoms with Crippen LogP contribution >= 0.6 is 0 Å². The van der Waals surface area contributed by atoms with Gasteiger partial charge in [0.15, 0.2) is 0 Å². The van der Waals surface area contributed by atoms with Gasteiger partial charge < -0.3 is 4.74 Å². The van der Waals surface area contributed by atoms with E-state index in [-0.39, 0.29) is 0 Å². The van der Waals surface area contributed by atoms with E-state index in [1.807, 2.05) is 0 Å². The number of carbonyl (C=O) groups excluding carboxylic acids is 1. The molecule has 0 aliphatic rings. The molecule has 0 atom stereocenters. The molecule has 0 N–H and O–H groups in total. The SMILES string of the molecule is CC(=O)Oc1c([N+](=O)[O-])cc([N+](=O)[O-])cc1[N+](=O)[O-]. The summed E-state index contributed by atoms with van der Waals surface area (Å²) < 4.78 is 4.39. The summed E-state index contributed by atoms with van der Waals surface area (Å²) in [7, 11) is 0. The molecule has 0 spiro atoms. The lowest BCUT2D eigenvalue weighted by Gasteiger charge is -2.03. The van der Waals surface area contributed by atoms with Gasteiger partial charge in [-0.25, -0.2) is 0 Å². The summed E-state index contributed by atoms with van der Waals surface area (Å²) in [6.45, 7) is 0.884. The fourth-order valence-electron chi connectivity index (χ4n) is 1.21. The Hall–Kier alpha value is -3.11. The van der Waals surface area contributed by atoms with E-state index in [4.69, 9.17) is 0 Å². The van der Waals surface area contributed by atoms with Crippen LogP contribution in [0.25, 0.3) is 0 Å². The number of ether oxygens (including phenoxy) is 1. The number of rotatable bonds is 4. The second-order valence-corrected chi connectivity index (χ2v) is 3.18. The number of esters is 1. The molecular weight excluding hydrogens is 266 g/mol. The number of nitro groups is 3. The van der Waals surface area contributed by atoms with Gasteiger partial charge in [-0.1, -0.05) is 0 Å². The Balaban J connectivity index is 3.64. The minimum absolute atomic E-state index is 0.477. The van der Waals surface area contributed by atoms with Crippen LogP contribution in [0.4, 0.5) is 17.1 Å². The van der Waals surface area contributed by atoms with Gasteiger partial charge in [0.1, 0.15) is 0 Å². The van der Waals surface area contributed by atoms with Crippen molar-refractivity contribution in [2.24, 2.45) is 0 Å². The minimum Gasteiger partial charge on any atom is -0.412 e. The van der Waals surface area contributed by atoms with E-state index in [0.29, 0.717) is 12.1 Å².